The molecule has 1 unspecified atom stereocenters. The molecule has 2 rings (SSSR count). The number of benzene rings is 1. The van der Waals surface area contributed by atoms with Crippen molar-refractivity contribution in [3.05, 3.63) is 28.8 Å². The van der Waals surface area contributed by atoms with Crippen LogP contribution in [0, 0.1) is 5.92 Å². The summed E-state index contributed by atoms with van der Waals surface area (Å²) < 4.78 is 37.7. The van der Waals surface area contributed by atoms with E-state index >= 15 is 0 Å². The Morgan fingerprint density at radius 3 is 2.58 bits per heavy atom. The van der Waals surface area contributed by atoms with E-state index in [-0.39, 0.29) is 31.4 Å². The fourth-order valence-corrected chi connectivity index (χ4v) is 2.34. The monoisotopic (exact) mass is 293 g/mol. The summed E-state index contributed by atoms with van der Waals surface area (Å²) in [5, 5.41) is 8.56. The molecular weight excluding hydrogens is 283 g/mol. The van der Waals surface area contributed by atoms with Gasteiger partial charge in [-0.3, -0.25) is 4.79 Å². The molecule has 104 valence electrons. The normalized spacial score (nSPS) is 20.2. The van der Waals surface area contributed by atoms with Crippen LogP contribution in [0.3, 0.4) is 0 Å². The Morgan fingerprint density at radius 2 is 2.11 bits per heavy atom. The third-order valence-electron chi connectivity index (χ3n) is 3.03. The molecule has 1 atom stereocenters. The number of aliphatic hydroxyl groups is 1. The van der Waals surface area contributed by atoms with Gasteiger partial charge in [0.2, 0.25) is 5.91 Å². The largest absolute Gasteiger partial charge is 0.417 e. The SMILES string of the molecule is O=C1CC(CO)CN1c1ccc(C(F)(F)F)c(Cl)c1. The molecule has 1 saturated heterocycles. The topological polar surface area (TPSA) is 40.5 Å². The Morgan fingerprint density at radius 1 is 1.42 bits per heavy atom. The Bertz CT molecular complexity index is 504. The number of anilines is 1. The number of nitrogens with zero attached hydrogens (tertiary/aromatic N) is 1. The van der Waals surface area contributed by atoms with Crippen LogP contribution in [0.2, 0.25) is 5.02 Å². The fourth-order valence-electron chi connectivity index (χ4n) is 2.06. The van der Waals surface area contributed by atoms with Crippen molar-refractivity contribution < 1.29 is 23.1 Å². The van der Waals surface area contributed by atoms with E-state index in [1.54, 1.807) is 0 Å². The summed E-state index contributed by atoms with van der Waals surface area (Å²) in [6.45, 7) is 0.160. The highest BCUT2D eigenvalue weighted by Crippen LogP contribution is 2.37. The second-order valence-corrected chi connectivity index (χ2v) is 4.83. The predicted octanol–water partition coefficient (Wildman–Crippen LogP) is 2.70. The zero-order chi connectivity index (χ0) is 14.2. The summed E-state index contributed by atoms with van der Waals surface area (Å²) in [5.41, 5.74) is -0.609. The van der Waals surface area contributed by atoms with Crippen LogP contribution in [-0.2, 0) is 11.0 Å². The standard InChI is InChI=1S/C12H11ClF3NO2/c13-10-4-8(1-2-9(10)12(14,15)16)17-5-7(6-18)3-11(17)19/h1-2,4,7,18H,3,5-6H2. The zero-order valence-corrected chi connectivity index (χ0v) is 10.5. The second kappa shape index (κ2) is 5.02. The number of hydrogen-bond acceptors (Lipinski definition) is 2. The first-order chi connectivity index (χ1) is 8.82. The Hall–Kier alpha value is -1.27. The first kappa shape index (κ1) is 14.1. The molecule has 1 aromatic carbocycles. The maximum absolute atomic E-state index is 12.6. The van der Waals surface area contributed by atoms with Crippen LogP contribution < -0.4 is 4.90 Å². The number of halogens is 4. The molecule has 0 aromatic heterocycles. The fraction of sp³-hybridized carbons (Fsp3) is 0.417. The van der Waals surface area contributed by atoms with Crippen LogP contribution >= 0.6 is 11.6 Å². The average molecular weight is 294 g/mol. The zero-order valence-electron chi connectivity index (χ0n) is 9.75. The number of rotatable bonds is 2. The summed E-state index contributed by atoms with van der Waals surface area (Å²) in [4.78, 5) is 13.0. The third kappa shape index (κ3) is 2.84. The minimum absolute atomic E-state index is 0.128. The van der Waals surface area contributed by atoms with Crippen molar-refractivity contribution in [2.45, 2.75) is 12.6 Å². The van der Waals surface area contributed by atoms with E-state index in [0.29, 0.717) is 5.69 Å². The number of aliphatic hydroxyl groups excluding tert-OH is 1. The summed E-state index contributed by atoms with van der Waals surface area (Å²) in [5.74, 6) is -0.413. The van der Waals surface area contributed by atoms with E-state index in [1.165, 1.54) is 11.0 Å². The highest BCUT2D eigenvalue weighted by Gasteiger charge is 2.35. The molecule has 0 bridgehead atoms. The molecule has 0 aliphatic carbocycles. The van der Waals surface area contributed by atoms with Crippen LogP contribution in [0.1, 0.15) is 12.0 Å². The number of carbonyl (C=O) groups excluding carboxylic acids is 1. The minimum Gasteiger partial charge on any atom is -0.396 e. The van der Waals surface area contributed by atoms with Crippen molar-refractivity contribution in [1.82, 2.24) is 0 Å². The van der Waals surface area contributed by atoms with Gasteiger partial charge in [-0.15, -0.1) is 0 Å². The molecule has 0 spiro atoms. The van der Waals surface area contributed by atoms with Gasteiger partial charge in [0.15, 0.2) is 0 Å². The molecule has 7 heteroatoms. The Kier molecular flexibility index (Phi) is 3.73. The van der Waals surface area contributed by atoms with E-state index in [9.17, 15) is 18.0 Å². The van der Waals surface area contributed by atoms with Crippen molar-refractivity contribution in [3.63, 3.8) is 0 Å². The summed E-state index contributed by atoms with van der Waals surface area (Å²) in [6.07, 6.45) is -4.33. The molecule has 1 aliphatic heterocycles. The molecule has 3 nitrogen and oxygen atoms in total. The van der Waals surface area contributed by atoms with Gasteiger partial charge in [-0.05, 0) is 18.2 Å². The van der Waals surface area contributed by atoms with E-state index in [2.05, 4.69) is 0 Å². The molecule has 1 aliphatic rings. The first-order valence-electron chi connectivity index (χ1n) is 5.61. The molecule has 0 radical (unpaired) electrons. The molecule has 19 heavy (non-hydrogen) atoms. The van der Waals surface area contributed by atoms with E-state index in [0.717, 1.165) is 12.1 Å². The Balaban J connectivity index is 2.28. The van der Waals surface area contributed by atoms with E-state index < -0.39 is 16.8 Å². The molecule has 1 heterocycles. The van der Waals surface area contributed by atoms with Crippen molar-refractivity contribution >= 4 is 23.2 Å². The molecule has 1 aromatic rings. The smallest absolute Gasteiger partial charge is 0.396 e. The first-order valence-corrected chi connectivity index (χ1v) is 5.98. The highest BCUT2D eigenvalue weighted by molar-refractivity contribution is 6.31. The van der Waals surface area contributed by atoms with Gasteiger partial charge in [0, 0.05) is 31.2 Å². The maximum atomic E-state index is 12.6. The van der Waals surface area contributed by atoms with E-state index in [4.69, 9.17) is 16.7 Å². The van der Waals surface area contributed by atoms with Crippen molar-refractivity contribution in [3.8, 4) is 0 Å². The van der Waals surface area contributed by atoms with Crippen LogP contribution in [0.15, 0.2) is 18.2 Å². The second-order valence-electron chi connectivity index (χ2n) is 4.42. The number of carbonyl (C=O) groups is 1. The molecule has 1 N–H and O–H groups in total. The number of hydrogen-bond donors (Lipinski definition) is 1. The molecule has 1 amide bonds. The van der Waals surface area contributed by atoms with Crippen molar-refractivity contribution in [2.24, 2.45) is 5.92 Å². The van der Waals surface area contributed by atoms with Crippen molar-refractivity contribution in [2.75, 3.05) is 18.1 Å². The third-order valence-corrected chi connectivity index (χ3v) is 3.35. The minimum atomic E-state index is -4.52. The van der Waals surface area contributed by atoms with Gasteiger partial charge in [0.1, 0.15) is 0 Å². The number of amides is 1. The average Bonchev–Trinajstić information content (AvgIpc) is 2.68. The highest BCUT2D eigenvalue weighted by atomic mass is 35.5. The van der Waals surface area contributed by atoms with Crippen LogP contribution in [0.25, 0.3) is 0 Å². The number of alkyl halides is 3. The molecule has 0 saturated carbocycles. The van der Waals surface area contributed by atoms with Gasteiger partial charge >= 0.3 is 6.18 Å². The molecule has 1 fully saturated rings. The summed E-state index contributed by atoms with van der Waals surface area (Å²) in [6, 6.07) is 3.20. The van der Waals surface area contributed by atoms with Crippen LogP contribution in [0.4, 0.5) is 18.9 Å². The Labute approximate surface area is 112 Å². The van der Waals surface area contributed by atoms with Gasteiger partial charge in [-0.1, -0.05) is 11.6 Å². The summed E-state index contributed by atoms with van der Waals surface area (Å²) in [7, 11) is 0. The van der Waals surface area contributed by atoms with Gasteiger partial charge in [-0.25, -0.2) is 0 Å². The lowest BCUT2D eigenvalue weighted by molar-refractivity contribution is -0.137. The van der Waals surface area contributed by atoms with Crippen molar-refractivity contribution in [1.29, 1.82) is 0 Å². The van der Waals surface area contributed by atoms with Gasteiger partial charge in [0.25, 0.3) is 0 Å². The lowest BCUT2D eigenvalue weighted by atomic mass is 10.1. The summed E-state index contributed by atoms with van der Waals surface area (Å²) >= 11 is 5.60. The molecular formula is C12H11ClF3NO2. The van der Waals surface area contributed by atoms with Gasteiger partial charge in [0.05, 0.1) is 10.6 Å². The van der Waals surface area contributed by atoms with Gasteiger partial charge < -0.3 is 10.0 Å². The predicted molar refractivity (Wildman–Crippen MR) is 64.0 cm³/mol. The van der Waals surface area contributed by atoms with E-state index in [1.807, 2.05) is 0 Å². The quantitative estimate of drug-likeness (QED) is 0.911. The van der Waals surface area contributed by atoms with Crippen LogP contribution in [-0.4, -0.2) is 24.2 Å². The lowest BCUT2D eigenvalue weighted by Gasteiger charge is -2.18. The maximum Gasteiger partial charge on any atom is 0.417 e. The lowest BCUT2D eigenvalue weighted by Crippen LogP contribution is -2.25. The van der Waals surface area contributed by atoms with Crippen LogP contribution in [0.5, 0.6) is 0 Å². The van der Waals surface area contributed by atoms with Gasteiger partial charge in [-0.2, -0.15) is 13.2 Å².